The summed E-state index contributed by atoms with van der Waals surface area (Å²) in [5, 5.41) is 9.63. The Balaban J connectivity index is 3.53. The second-order valence-electron chi connectivity index (χ2n) is 17.2. The van der Waals surface area contributed by atoms with E-state index in [0.29, 0.717) is 12.8 Å². The topological polar surface area (TPSA) is 72.8 Å². The molecule has 0 saturated carbocycles. The first-order valence-electron chi connectivity index (χ1n) is 26.1. The van der Waals surface area contributed by atoms with Crippen LogP contribution in [-0.4, -0.2) is 36.4 Å². The largest absolute Gasteiger partial charge is 0.462 e. The van der Waals surface area contributed by atoms with Gasteiger partial charge < -0.3 is 14.6 Å². The van der Waals surface area contributed by atoms with Crippen molar-refractivity contribution in [3.63, 3.8) is 0 Å². The van der Waals surface area contributed by atoms with Crippen LogP contribution in [0.4, 0.5) is 0 Å². The highest BCUT2D eigenvalue weighted by Crippen LogP contribution is 2.15. The van der Waals surface area contributed by atoms with Gasteiger partial charge in [0.2, 0.25) is 0 Å². The molecule has 1 unspecified atom stereocenters. The molecule has 0 aliphatic rings. The highest BCUT2D eigenvalue weighted by molar-refractivity contribution is 5.70. The van der Waals surface area contributed by atoms with Crippen LogP contribution in [0.3, 0.4) is 0 Å². The van der Waals surface area contributed by atoms with Crippen molar-refractivity contribution in [1.82, 2.24) is 0 Å². The molecular weight excluding hydrogens is 765 g/mol. The lowest BCUT2D eigenvalue weighted by molar-refractivity contribution is -0.161. The van der Waals surface area contributed by atoms with Crippen LogP contribution in [-0.2, 0) is 19.1 Å². The Morgan fingerprint density at radius 1 is 0.387 bits per heavy atom. The summed E-state index contributed by atoms with van der Waals surface area (Å²) in [5.41, 5.74) is 0. The summed E-state index contributed by atoms with van der Waals surface area (Å²) < 4.78 is 10.7. The number of aliphatic hydroxyl groups is 1. The van der Waals surface area contributed by atoms with Crippen molar-refractivity contribution in [2.75, 3.05) is 13.2 Å². The molecule has 0 aromatic carbocycles. The maximum Gasteiger partial charge on any atom is 0.306 e. The monoisotopic (exact) mass is 863 g/mol. The highest BCUT2D eigenvalue weighted by atomic mass is 16.6. The lowest BCUT2D eigenvalue weighted by atomic mass is 10.0. The summed E-state index contributed by atoms with van der Waals surface area (Å²) in [6, 6.07) is 0. The molecule has 0 amide bonds. The van der Waals surface area contributed by atoms with Gasteiger partial charge in [-0.3, -0.25) is 9.59 Å². The van der Waals surface area contributed by atoms with Gasteiger partial charge in [-0.15, -0.1) is 0 Å². The molecule has 0 fully saturated rings. The lowest BCUT2D eigenvalue weighted by Gasteiger charge is -2.15. The summed E-state index contributed by atoms with van der Waals surface area (Å²) in [6.07, 6.45) is 72.5. The van der Waals surface area contributed by atoms with Crippen molar-refractivity contribution in [3.05, 3.63) is 85.1 Å². The molecule has 0 aromatic rings. The van der Waals surface area contributed by atoms with Crippen molar-refractivity contribution >= 4 is 11.9 Å². The maximum atomic E-state index is 12.3. The van der Waals surface area contributed by atoms with Crippen LogP contribution in [0.5, 0.6) is 0 Å². The van der Waals surface area contributed by atoms with Gasteiger partial charge >= 0.3 is 11.9 Å². The Hall–Kier alpha value is -2.92. The Morgan fingerprint density at radius 3 is 1.06 bits per heavy atom. The van der Waals surface area contributed by atoms with Gasteiger partial charge in [0.15, 0.2) is 6.10 Å². The van der Waals surface area contributed by atoms with E-state index in [-0.39, 0.29) is 25.2 Å². The second kappa shape index (κ2) is 52.4. The number of ether oxygens (including phenoxy) is 2. The van der Waals surface area contributed by atoms with Crippen molar-refractivity contribution in [3.8, 4) is 0 Å². The average Bonchev–Trinajstić information content (AvgIpc) is 3.28. The van der Waals surface area contributed by atoms with Crippen LogP contribution < -0.4 is 0 Å². The molecule has 0 aliphatic heterocycles. The Morgan fingerprint density at radius 2 is 0.694 bits per heavy atom. The summed E-state index contributed by atoms with van der Waals surface area (Å²) in [7, 11) is 0. The molecule has 356 valence electrons. The summed E-state index contributed by atoms with van der Waals surface area (Å²) in [6.45, 7) is 4.03. The highest BCUT2D eigenvalue weighted by Gasteiger charge is 2.16. The van der Waals surface area contributed by atoms with Crippen LogP contribution in [0.2, 0.25) is 0 Å². The van der Waals surface area contributed by atoms with Gasteiger partial charge in [-0.25, -0.2) is 0 Å². The number of carbonyl (C=O) groups excluding carboxylic acids is 2. The zero-order valence-electron chi connectivity index (χ0n) is 40.6. The van der Waals surface area contributed by atoms with E-state index in [9.17, 15) is 14.7 Å². The first-order chi connectivity index (χ1) is 30.6. The third-order valence-corrected chi connectivity index (χ3v) is 11.2. The smallest absolute Gasteiger partial charge is 0.306 e. The van der Waals surface area contributed by atoms with E-state index in [4.69, 9.17) is 9.47 Å². The van der Waals surface area contributed by atoms with Gasteiger partial charge in [0, 0.05) is 12.8 Å². The minimum Gasteiger partial charge on any atom is -0.462 e. The maximum absolute atomic E-state index is 12.3. The minimum absolute atomic E-state index is 0.0706. The number of aliphatic hydroxyl groups excluding tert-OH is 1. The van der Waals surface area contributed by atoms with E-state index in [1.54, 1.807) is 0 Å². The summed E-state index contributed by atoms with van der Waals surface area (Å²) in [5.74, 6) is -0.596. The molecule has 0 rings (SSSR count). The van der Waals surface area contributed by atoms with Crippen molar-refractivity contribution in [2.24, 2.45) is 0 Å². The predicted octanol–water partition coefficient (Wildman–Crippen LogP) is 17.4. The first-order valence-corrected chi connectivity index (χ1v) is 26.1. The number of rotatable bonds is 47. The van der Waals surface area contributed by atoms with Gasteiger partial charge in [0.1, 0.15) is 6.61 Å². The quantitative estimate of drug-likeness (QED) is 0.0375. The number of unbranched alkanes of at least 4 members (excludes halogenated alkanes) is 25. The van der Waals surface area contributed by atoms with E-state index in [1.165, 1.54) is 141 Å². The average molecular weight is 863 g/mol. The molecule has 0 aromatic heterocycles. The molecule has 0 spiro atoms. The number of hydrogen-bond donors (Lipinski definition) is 1. The Kier molecular flexibility index (Phi) is 50.0. The molecule has 0 heterocycles. The van der Waals surface area contributed by atoms with Crippen LogP contribution in [0.25, 0.3) is 0 Å². The van der Waals surface area contributed by atoms with E-state index in [0.717, 1.165) is 77.0 Å². The van der Waals surface area contributed by atoms with E-state index >= 15 is 0 Å². The molecule has 5 nitrogen and oxygen atoms in total. The summed E-state index contributed by atoms with van der Waals surface area (Å²) in [4.78, 5) is 24.4. The zero-order valence-corrected chi connectivity index (χ0v) is 40.6. The Labute approximate surface area is 384 Å². The molecular formula is C57H98O5. The fourth-order valence-electron chi connectivity index (χ4n) is 7.26. The lowest BCUT2D eigenvalue weighted by Crippen LogP contribution is -2.28. The van der Waals surface area contributed by atoms with Gasteiger partial charge in [0.25, 0.3) is 0 Å². The fourth-order valence-corrected chi connectivity index (χ4v) is 7.26. The Bertz CT molecular complexity index is 1160. The molecule has 5 heteroatoms. The number of allylic oxidation sites excluding steroid dienone is 14. The van der Waals surface area contributed by atoms with E-state index < -0.39 is 6.10 Å². The standard InChI is InChI=1S/C57H98O5/c1-3-5-7-9-11-13-15-17-19-21-22-23-24-25-26-27-28-29-30-31-32-33-34-36-38-40-42-44-46-48-50-52-57(60)62-55(53-58)54-61-56(59)51-49-47-45-43-41-39-37-35-20-18-16-14-12-10-8-6-4-2/h5,7,11,13,17-20,22-23,25-26,28-29,55,58H,3-4,6,8-10,12,14-16,21,24,27,30-54H2,1-2H3/b7-5-,13-11-,19-17-,20-18-,23-22-,26-25-,29-28-. The molecule has 0 saturated heterocycles. The normalized spacial score (nSPS) is 12.9. The molecule has 0 aliphatic carbocycles. The molecule has 1 N–H and O–H groups in total. The van der Waals surface area contributed by atoms with Gasteiger partial charge in [-0.05, 0) is 89.9 Å². The van der Waals surface area contributed by atoms with Crippen LogP contribution in [0.1, 0.15) is 245 Å². The van der Waals surface area contributed by atoms with Crippen molar-refractivity contribution in [1.29, 1.82) is 0 Å². The van der Waals surface area contributed by atoms with Gasteiger partial charge in [-0.1, -0.05) is 227 Å². The van der Waals surface area contributed by atoms with Gasteiger partial charge in [0.05, 0.1) is 6.61 Å². The third-order valence-electron chi connectivity index (χ3n) is 11.2. The summed E-state index contributed by atoms with van der Waals surface area (Å²) >= 11 is 0. The number of hydrogen-bond acceptors (Lipinski definition) is 5. The van der Waals surface area contributed by atoms with Crippen molar-refractivity contribution < 1.29 is 24.2 Å². The minimum atomic E-state index is -0.778. The number of carbonyl (C=O) groups is 2. The SMILES string of the molecule is CC/C=C\C/C=C\C/C=C\C/C=C\C/C=C\C/C=C\CCCCCCCCCCCCCCC(=O)OC(CO)COC(=O)CCCCCCCCC/C=C\CCCCCCCC. The second-order valence-corrected chi connectivity index (χ2v) is 17.2. The van der Waals surface area contributed by atoms with Crippen LogP contribution >= 0.6 is 0 Å². The molecule has 1 atom stereocenters. The van der Waals surface area contributed by atoms with Crippen LogP contribution in [0, 0.1) is 0 Å². The first kappa shape index (κ1) is 59.1. The molecule has 0 bridgehead atoms. The van der Waals surface area contributed by atoms with Crippen molar-refractivity contribution in [2.45, 2.75) is 251 Å². The molecule has 0 radical (unpaired) electrons. The molecule has 62 heavy (non-hydrogen) atoms. The number of esters is 2. The van der Waals surface area contributed by atoms with Gasteiger partial charge in [-0.2, -0.15) is 0 Å². The van der Waals surface area contributed by atoms with Crippen LogP contribution in [0.15, 0.2) is 85.1 Å². The third kappa shape index (κ3) is 49.7. The van der Waals surface area contributed by atoms with E-state index in [2.05, 4.69) is 98.9 Å². The predicted molar refractivity (Wildman–Crippen MR) is 269 cm³/mol. The fraction of sp³-hybridized carbons (Fsp3) is 0.719. The zero-order chi connectivity index (χ0) is 44.9. The van der Waals surface area contributed by atoms with E-state index in [1.807, 2.05) is 0 Å².